The first-order valence-electron chi connectivity index (χ1n) is 17.6. The molecule has 0 unspecified atom stereocenters. The lowest BCUT2D eigenvalue weighted by Crippen LogP contribution is -2.25. The van der Waals surface area contributed by atoms with Gasteiger partial charge in [-0.05, 0) is 104 Å². The molecular formula is C49H31NS. The zero-order valence-corrected chi connectivity index (χ0v) is 28.6. The van der Waals surface area contributed by atoms with Crippen LogP contribution in [0.5, 0.6) is 0 Å². The normalized spacial score (nSPS) is 13.3. The molecule has 11 rings (SSSR count). The summed E-state index contributed by atoms with van der Waals surface area (Å²) in [5, 5.41) is 2.60. The molecule has 2 heteroatoms. The van der Waals surface area contributed by atoms with E-state index < -0.39 is 0 Å². The number of thiophene rings is 1. The largest absolute Gasteiger partial charge is 0.310 e. The first-order valence-corrected chi connectivity index (χ1v) is 18.4. The van der Waals surface area contributed by atoms with E-state index in [9.17, 15) is 0 Å². The second kappa shape index (κ2) is 10.9. The molecular weight excluding hydrogens is 635 g/mol. The van der Waals surface area contributed by atoms with Crippen LogP contribution in [-0.2, 0) is 5.41 Å². The zero-order chi connectivity index (χ0) is 33.5. The van der Waals surface area contributed by atoms with E-state index in [0.717, 1.165) is 17.1 Å². The van der Waals surface area contributed by atoms with Crippen LogP contribution in [0.2, 0.25) is 0 Å². The van der Waals surface area contributed by atoms with E-state index in [1.165, 1.54) is 75.8 Å². The standard InChI is InChI=1S/C49H31NS/c1-2-13-32(14-3-1)33-15-12-16-34(29-33)50(36-26-28-48-42(31-36)40-20-7-11-24-47(40)51-48)35-25-27-46-41(30-35)39-19-6-10-23-45(39)49(46)43-21-8-4-17-37(43)38-18-5-9-22-44(38)49/h1-31H. The Morgan fingerprint density at radius 1 is 0.333 bits per heavy atom. The van der Waals surface area contributed by atoms with Crippen molar-refractivity contribution in [2.75, 3.05) is 4.90 Å². The second-order valence-corrected chi connectivity index (χ2v) is 14.7. The van der Waals surface area contributed by atoms with E-state index >= 15 is 0 Å². The monoisotopic (exact) mass is 665 g/mol. The van der Waals surface area contributed by atoms with Gasteiger partial charge in [0.1, 0.15) is 0 Å². The van der Waals surface area contributed by atoms with Gasteiger partial charge < -0.3 is 4.90 Å². The molecule has 0 aliphatic heterocycles. The Labute approximate surface area is 301 Å². The Morgan fingerprint density at radius 2 is 0.863 bits per heavy atom. The number of nitrogens with zero attached hydrogens (tertiary/aromatic N) is 1. The maximum absolute atomic E-state index is 2.45. The molecule has 0 N–H and O–H groups in total. The highest BCUT2D eigenvalue weighted by Gasteiger charge is 2.51. The average Bonchev–Trinajstić information content (AvgIpc) is 3.82. The van der Waals surface area contributed by atoms with Crippen molar-refractivity contribution in [3.63, 3.8) is 0 Å². The Bertz CT molecular complexity index is 2780. The summed E-state index contributed by atoms with van der Waals surface area (Å²) >= 11 is 1.86. The van der Waals surface area contributed by atoms with Crippen LogP contribution in [0, 0.1) is 0 Å². The molecule has 1 aromatic heterocycles. The number of benzene rings is 8. The van der Waals surface area contributed by atoms with Crippen LogP contribution >= 0.6 is 11.3 Å². The number of fused-ring (bicyclic) bond motifs is 13. The number of rotatable bonds is 4. The third kappa shape index (κ3) is 4.03. The molecule has 0 amide bonds. The van der Waals surface area contributed by atoms with Crippen LogP contribution < -0.4 is 4.90 Å². The quantitative estimate of drug-likeness (QED) is 0.181. The van der Waals surface area contributed by atoms with Crippen LogP contribution in [0.4, 0.5) is 17.1 Å². The van der Waals surface area contributed by atoms with Crippen molar-refractivity contribution in [3.8, 4) is 33.4 Å². The van der Waals surface area contributed by atoms with E-state index in [4.69, 9.17) is 0 Å². The predicted octanol–water partition coefficient (Wildman–Crippen LogP) is 13.5. The second-order valence-electron chi connectivity index (χ2n) is 13.6. The maximum Gasteiger partial charge on any atom is 0.0725 e. The summed E-state index contributed by atoms with van der Waals surface area (Å²) in [7, 11) is 0. The average molecular weight is 666 g/mol. The molecule has 0 radical (unpaired) electrons. The summed E-state index contributed by atoms with van der Waals surface area (Å²) in [4.78, 5) is 2.45. The lowest BCUT2D eigenvalue weighted by atomic mass is 9.70. The lowest BCUT2D eigenvalue weighted by molar-refractivity contribution is 0.794. The number of anilines is 3. The van der Waals surface area contributed by atoms with Gasteiger partial charge >= 0.3 is 0 Å². The van der Waals surface area contributed by atoms with Crippen molar-refractivity contribution >= 4 is 48.6 Å². The third-order valence-corrected chi connectivity index (χ3v) is 12.2. The summed E-state index contributed by atoms with van der Waals surface area (Å²) in [6.07, 6.45) is 0. The van der Waals surface area contributed by atoms with Gasteiger partial charge in [0.25, 0.3) is 0 Å². The minimum atomic E-state index is -0.357. The molecule has 0 saturated carbocycles. The Kier molecular flexibility index (Phi) is 6.11. The molecule has 2 aliphatic rings. The molecule has 2 aliphatic carbocycles. The third-order valence-electron chi connectivity index (χ3n) is 11.1. The predicted molar refractivity (Wildman–Crippen MR) is 216 cm³/mol. The molecule has 0 saturated heterocycles. The first kappa shape index (κ1) is 28.6. The summed E-state index contributed by atoms with van der Waals surface area (Å²) in [5.41, 5.74) is 16.2. The van der Waals surface area contributed by atoms with Crippen molar-refractivity contribution < 1.29 is 0 Å². The first-order chi connectivity index (χ1) is 25.3. The van der Waals surface area contributed by atoms with Crippen molar-refractivity contribution in [2.45, 2.75) is 5.41 Å². The van der Waals surface area contributed by atoms with Crippen LogP contribution in [0.3, 0.4) is 0 Å². The van der Waals surface area contributed by atoms with E-state index in [2.05, 4.69) is 193 Å². The van der Waals surface area contributed by atoms with Crippen molar-refractivity contribution in [1.82, 2.24) is 0 Å². The SMILES string of the molecule is c1ccc(-c2cccc(N(c3ccc4c(c3)-c3ccccc3C43c4ccccc4-c4ccccc43)c3ccc4sc5ccccc5c4c3)c2)cc1. The molecule has 0 atom stereocenters. The maximum atomic E-state index is 2.45. The minimum Gasteiger partial charge on any atom is -0.310 e. The molecule has 1 heterocycles. The van der Waals surface area contributed by atoms with E-state index in [0.29, 0.717) is 0 Å². The minimum absolute atomic E-state index is 0.357. The smallest absolute Gasteiger partial charge is 0.0725 e. The van der Waals surface area contributed by atoms with E-state index in [-0.39, 0.29) is 5.41 Å². The van der Waals surface area contributed by atoms with Crippen LogP contribution in [0.1, 0.15) is 22.3 Å². The zero-order valence-electron chi connectivity index (χ0n) is 27.8. The van der Waals surface area contributed by atoms with E-state index in [1.54, 1.807) is 0 Å². The topological polar surface area (TPSA) is 3.24 Å². The molecule has 238 valence electrons. The van der Waals surface area contributed by atoms with Crippen molar-refractivity contribution in [2.24, 2.45) is 0 Å². The highest BCUT2D eigenvalue weighted by atomic mass is 32.1. The van der Waals surface area contributed by atoms with Gasteiger partial charge in [0.15, 0.2) is 0 Å². The summed E-state index contributed by atoms with van der Waals surface area (Å²) < 4.78 is 2.63. The number of hydrogen-bond donors (Lipinski definition) is 0. The fourth-order valence-corrected chi connectivity index (χ4v) is 10.1. The summed E-state index contributed by atoms with van der Waals surface area (Å²) in [6, 6.07) is 69.7. The molecule has 51 heavy (non-hydrogen) atoms. The van der Waals surface area contributed by atoms with Gasteiger partial charge in [0, 0.05) is 37.2 Å². The molecule has 8 aromatic carbocycles. The van der Waals surface area contributed by atoms with Gasteiger partial charge in [-0.3, -0.25) is 0 Å². The van der Waals surface area contributed by atoms with E-state index in [1.807, 2.05) is 11.3 Å². The van der Waals surface area contributed by atoms with Gasteiger partial charge in [-0.25, -0.2) is 0 Å². The van der Waals surface area contributed by atoms with Gasteiger partial charge in [-0.1, -0.05) is 140 Å². The van der Waals surface area contributed by atoms with Crippen LogP contribution in [0.25, 0.3) is 53.6 Å². The Hall–Kier alpha value is -6.22. The molecule has 1 spiro atoms. The summed E-state index contributed by atoms with van der Waals surface area (Å²) in [6.45, 7) is 0. The van der Waals surface area contributed by atoms with Gasteiger partial charge in [-0.15, -0.1) is 11.3 Å². The molecule has 0 fully saturated rings. The fourth-order valence-electron chi connectivity index (χ4n) is 8.98. The lowest BCUT2D eigenvalue weighted by Gasteiger charge is -2.31. The van der Waals surface area contributed by atoms with Crippen LogP contribution in [-0.4, -0.2) is 0 Å². The molecule has 0 bridgehead atoms. The highest BCUT2D eigenvalue weighted by Crippen LogP contribution is 2.63. The van der Waals surface area contributed by atoms with Gasteiger partial charge in [0.2, 0.25) is 0 Å². The Morgan fingerprint density at radius 3 is 1.61 bits per heavy atom. The summed E-state index contributed by atoms with van der Waals surface area (Å²) in [5.74, 6) is 0. The van der Waals surface area contributed by atoms with Crippen LogP contribution in [0.15, 0.2) is 188 Å². The van der Waals surface area contributed by atoms with Gasteiger partial charge in [-0.2, -0.15) is 0 Å². The molecule has 9 aromatic rings. The van der Waals surface area contributed by atoms with Crippen molar-refractivity contribution in [1.29, 1.82) is 0 Å². The van der Waals surface area contributed by atoms with Gasteiger partial charge in [0.05, 0.1) is 5.41 Å². The highest BCUT2D eigenvalue weighted by molar-refractivity contribution is 7.25. The number of hydrogen-bond acceptors (Lipinski definition) is 2. The Balaban J connectivity index is 1.17. The molecule has 1 nitrogen and oxygen atoms in total. The fraction of sp³-hybridized carbons (Fsp3) is 0.0204. The van der Waals surface area contributed by atoms with Crippen molar-refractivity contribution in [3.05, 3.63) is 210 Å².